The highest BCUT2D eigenvalue weighted by molar-refractivity contribution is 8.00. The molecule has 0 aliphatic carbocycles. The first kappa shape index (κ1) is 17.0. The van der Waals surface area contributed by atoms with E-state index in [1.54, 1.807) is 36.0 Å². The van der Waals surface area contributed by atoms with Crippen LogP contribution in [0.3, 0.4) is 0 Å². The third kappa shape index (κ3) is 4.14. The van der Waals surface area contributed by atoms with Gasteiger partial charge in [0.1, 0.15) is 0 Å². The van der Waals surface area contributed by atoms with Crippen LogP contribution in [0.2, 0.25) is 5.02 Å². The molecule has 3 aromatic rings. The van der Waals surface area contributed by atoms with Gasteiger partial charge in [0, 0.05) is 5.75 Å². The van der Waals surface area contributed by atoms with E-state index in [0.29, 0.717) is 15.7 Å². The van der Waals surface area contributed by atoms with Gasteiger partial charge in [0.2, 0.25) is 5.13 Å². The average Bonchev–Trinajstić information content (AvgIpc) is 3.02. The molecule has 0 saturated heterocycles. The zero-order valence-corrected chi connectivity index (χ0v) is 15.2. The molecule has 0 bridgehead atoms. The Balaban J connectivity index is 1.63. The van der Waals surface area contributed by atoms with Crippen molar-refractivity contribution in [3.63, 3.8) is 0 Å². The molecule has 0 aliphatic heterocycles. The summed E-state index contributed by atoms with van der Waals surface area (Å²) in [5, 5.41) is 11.7. The molecule has 1 amide bonds. The Morgan fingerprint density at radius 3 is 2.71 bits per heavy atom. The number of aryl methyl sites for hydroxylation is 1. The zero-order chi connectivity index (χ0) is 16.9. The topological polar surface area (TPSA) is 54.9 Å². The molecule has 122 valence electrons. The minimum atomic E-state index is -0.285. The fraction of sp³-hybridized carbons (Fsp3) is 0.118. The maximum Gasteiger partial charge on any atom is 0.259 e. The van der Waals surface area contributed by atoms with Crippen LogP contribution in [0.15, 0.2) is 52.9 Å². The molecule has 2 aromatic carbocycles. The second-order valence-electron chi connectivity index (χ2n) is 5.02. The van der Waals surface area contributed by atoms with E-state index in [1.807, 2.05) is 12.1 Å². The van der Waals surface area contributed by atoms with Crippen molar-refractivity contribution < 1.29 is 4.79 Å². The highest BCUT2D eigenvalue weighted by Gasteiger charge is 2.13. The van der Waals surface area contributed by atoms with Crippen LogP contribution in [-0.4, -0.2) is 16.1 Å². The summed E-state index contributed by atoms with van der Waals surface area (Å²) < 4.78 is 0.813. The normalized spacial score (nSPS) is 10.6. The van der Waals surface area contributed by atoms with Gasteiger partial charge in [-0.1, -0.05) is 71.1 Å². The van der Waals surface area contributed by atoms with Crippen LogP contribution in [-0.2, 0) is 5.75 Å². The minimum absolute atomic E-state index is 0.285. The molecular weight excluding hydrogens is 362 g/mol. The largest absolute Gasteiger partial charge is 0.296 e. The van der Waals surface area contributed by atoms with Gasteiger partial charge in [-0.05, 0) is 30.2 Å². The summed E-state index contributed by atoms with van der Waals surface area (Å²) in [6.07, 6.45) is 0. The van der Waals surface area contributed by atoms with Crippen molar-refractivity contribution in [2.24, 2.45) is 0 Å². The Morgan fingerprint density at radius 2 is 1.92 bits per heavy atom. The van der Waals surface area contributed by atoms with Crippen LogP contribution in [0.25, 0.3) is 0 Å². The summed E-state index contributed by atoms with van der Waals surface area (Å²) in [5.74, 6) is 0.534. The number of hydrogen-bond donors (Lipinski definition) is 1. The second-order valence-corrected chi connectivity index (χ2v) is 7.63. The summed E-state index contributed by atoms with van der Waals surface area (Å²) in [7, 11) is 0. The van der Waals surface area contributed by atoms with Gasteiger partial charge >= 0.3 is 0 Å². The molecule has 0 saturated carbocycles. The number of carbonyl (C=O) groups is 1. The van der Waals surface area contributed by atoms with Crippen LogP contribution >= 0.6 is 34.7 Å². The number of nitrogens with one attached hydrogen (secondary N) is 1. The minimum Gasteiger partial charge on any atom is -0.296 e. The number of hydrogen-bond acceptors (Lipinski definition) is 5. The lowest BCUT2D eigenvalue weighted by Gasteiger charge is -2.03. The lowest BCUT2D eigenvalue weighted by atomic mass is 10.1. The molecule has 1 N–H and O–H groups in total. The molecule has 0 fully saturated rings. The van der Waals surface area contributed by atoms with Gasteiger partial charge in [-0.2, -0.15) is 0 Å². The molecule has 4 nitrogen and oxygen atoms in total. The van der Waals surface area contributed by atoms with E-state index in [1.165, 1.54) is 22.5 Å². The molecular formula is C17H14ClN3OS2. The van der Waals surface area contributed by atoms with Crippen LogP contribution in [0.4, 0.5) is 5.13 Å². The van der Waals surface area contributed by atoms with E-state index in [-0.39, 0.29) is 5.91 Å². The predicted octanol–water partition coefficient (Wildman–Crippen LogP) is 5.04. The molecule has 3 rings (SSSR count). The van der Waals surface area contributed by atoms with Gasteiger partial charge in [0.05, 0.1) is 10.6 Å². The number of anilines is 1. The van der Waals surface area contributed by atoms with Crippen molar-refractivity contribution in [1.82, 2.24) is 10.2 Å². The number of rotatable bonds is 5. The second kappa shape index (κ2) is 7.79. The van der Waals surface area contributed by atoms with E-state index in [2.05, 4.69) is 34.6 Å². The van der Waals surface area contributed by atoms with E-state index >= 15 is 0 Å². The molecule has 1 aromatic heterocycles. The number of nitrogens with zero attached hydrogens (tertiary/aromatic N) is 2. The summed E-state index contributed by atoms with van der Waals surface area (Å²) >= 11 is 8.98. The van der Waals surface area contributed by atoms with Crippen molar-refractivity contribution in [2.75, 3.05) is 5.32 Å². The molecule has 0 spiro atoms. The molecule has 0 unspecified atom stereocenters. The fourth-order valence-electron chi connectivity index (χ4n) is 2.04. The summed E-state index contributed by atoms with van der Waals surface area (Å²) in [5.41, 5.74) is 2.93. The number of aromatic nitrogens is 2. The van der Waals surface area contributed by atoms with E-state index < -0.39 is 0 Å². The molecule has 0 atom stereocenters. The molecule has 1 heterocycles. The van der Waals surface area contributed by atoms with Crippen LogP contribution in [0.1, 0.15) is 21.5 Å². The van der Waals surface area contributed by atoms with E-state index in [4.69, 9.17) is 11.6 Å². The van der Waals surface area contributed by atoms with Crippen LogP contribution < -0.4 is 5.32 Å². The smallest absolute Gasteiger partial charge is 0.259 e. The van der Waals surface area contributed by atoms with Gasteiger partial charge < -0.3 is 0 Å². The van der Waals surface area contributed by atoms with Crippen molar-refractivity contribution in [2.45, 2.75) is 17.0 Å². The molecule has 7 heteroatoms. The average molecular weight is 376 g/mol. The number of amides is 1. The summed E-state index contributed by atoms with van der Waals surface area (Å²) in [6.45, 7) is 2.09. The first-order valence-corrected chi connectivity index (χ1v) is 9.38. The maximum atomic E-state index is 12.2. The maximum absolute atomic E-state index is 12.2. The Hall–Kier alpha value is -1.89. The summed E-state index contributed by atoms with van der Waals surface area (Å²) in [4.78, 5) is 12.2. The number of carbonyl (C=O) groups excluding carboxylic acids is 1. The third-order valence-electron chi connectivity index (χ3n) is 3.36. The lowest BCUT2D eigenvalue weighted by molar-refractivity contribution is 0.102. The Bertz CT molecular complexity index is 866. The SMILES string of the molecule is Cc1ccccc1CSc1nnc(NC(=O)c2ccccc2Cl)s1. The van der Waals surface area contributed by atoms with Gasteiger partial charge in [-0.3, -0.25) is 10.1 Å². The number of halogens is 1. The van der Waals surface area contributed by atoms with Gasteiger partial charge in [0.25, 0.3) is 5.91 Å². The van der Waals surface area contributed by atoms with Crippen LogP contribution in [0.5, 0.6) is 0 Å². The monoisotopic (exact) mass is 375 g/mol. The Labute approximate surface area is 153 Å². The molecule has 0 radical (unpaired) electrons. The van der Waals surface area contributed by atoms with Crippen molar-refractivity contribution in [3.8, 4) is 0 Å². The van der Waals surface area contributed by atoms with Gasteiger partial charge in [-0.15, -0.1) is 10.2 Å². The molecule has 0 aliphatic rings. The predicted molar refractivity (Wildman–Crippen MR) is 100 cm³/mol. The highest BCUT2D eigenvalue weighted by Crippen LogP contribution is 2.29. The van der Waals surface area contributed by atoms with Crippen molar-refractivity contribution >= 4 is 45.7 Å². The summed E-state index contributed by atoms with van der Waals surface area (Å²) in [6, 6.07) is 15.1. The van der Waals surface area contributed by atoms with Crippen LogP contribution in [0, 0.1) is 6.92 Å². The van der Waals surface area contributed by atoms with Gasteiger partial charge in [-0.25, -0.2) is 0 Å². The lowest BCUT2D eigenvalue weighted by Crippen LogP contribution is -2.12. The Kier molecular flexibility index (Phi) is 5.50. The standard InChI is InChI=1S/C17H14ClN3OS2/c1-11-6-2-3-7-12(11)10-23-17-21-20-16(24-17)19-15(22)13-8-4-5-9-14(13)18/h2-9H,10H2,1H3,(H,19,20,22). The first-order chi connectivity index (χ1) is 11.6. The van der Waals surface area contributed by atoms with Crippen molar-refractivity contribution in [1.29, 1.82) is 0 Å². The van der Waals surface area contributed by atoms with Crippen molar-refractivity contribution in [3.05, 3.63) is 70.2 Å². The quantitative estimate of drug-likeness (QED) is 0.501. The van der Waals surface area contributed by atoms with Gasteiger partial charge in [0.15, 0.2) is 4.34 Å². The van der Waals surface area contributed by atoms with E-state index in [0.717, 1.165) is 10.1 Å². The fourth-order valence-corrected chi connectivity index (χ4v) is 4.08. The molecule has 24 heavy (non-hydrogen) atoms. The third-order valence-corrected chi connectivity index (χ3v) is 5.71. The number of thioether (sulfide) groups is 1. The Morgan fingerprint density at radius 1 is 1.17 bits per heavy atom. The first-order valence-electron chi connectivity index (χ1n) is 7.20. The number of benzene rings is 2. The van der Waals surface area contributed by atoms with E-state index in [9.17, 15) is 4.79 Å². The zero-order valence-electron chi connectivity index (χ0n) is 12.8. The highest BCUT2D eigenvalue weighted by atomic mass is 35.5.